The number of ketones is 1. The third kappa shape index (κ3) is 5.38. The van der Waals surface area contributed by atoms with Crippen LogP contribution in [0.15, 0.2) is 51.5 Å². The van der Waals surface area contributed by atoms with E-state index in [0.29, 0.717) is 11.4 Å². The smallest absolute Gasteiger partial charge is 0.872 e. The predicted octanol–water partition coefficient (Wildman–Crippen LogP) is -1.98. The largest absolute Gasteiger partial charge is 1.00 e. The van der Waals surface area contributed by atoms with E-state index in [0.717, 1.165) is 0 Å². The molecule has 0 amide bonds. The summed E-state index contributed by atoms with van der Waals surface area (Å²) in [6, 6.07) is 5.97. The van der Waals surface area contributed by atoms with Gasteiger partial charge >= 0.3 is 29.6 Å². The fourth-order valence-electron chi connectivity index (χ4n) is 1.28. The first-order chi connectivity index (χ1) is 8.06. The molecular formula is C12H10Cl2NNaO4. The minimum Gasteiger partial charge on any atom is -0.872 e. The van der Waals surface area contributed by atoms with Crippen molar-refractivity contribution in [1.82, 2.24) is 0 Å². The van der Waals surface area contributed by atoms with E-state index >= 15 is 0 Å². The van der Waals surface area contributed by atoms with E-state index in [1.54, 1.807) is 12.1 Å². The SMILES string of the molecule is O.O.O=C1C(Cl)=CC(=Nc2ccc([O-])cc2)C=C1Cl.[Na+]. The van der Waals surface area contributed by atoms with Gasteiger partial charge in [-0.3, -0.25) is 4.79 Å². The number of rotatable bonds is 1. The molecule has 102 valence electrons. The van der Waals surface area contributed by atoms with E-state index in [1.165, 1.54) is 24.3 Å². The van der Waals surface area contributed by atoms with E-state index < -0.39 is 5.78 Å². The van der Waals surface area contributed by atoms with E-state index in [2.05, 4.69) is 4.99 Å². The van der Waals surface area contributed by atoms with Crippen molar-refractivity contribution in [1.29, 1.82) is 0 Å². The molecule has 1 aromatic rings. The minimum atomic E-state index is -0.415. The van der Waals surface area contributed by atoms with Gasteiger partial charge in [-0.1, -0.05) is 35.3 Å². The summed E-state index contributed by atoms with van der Waals surface area (Å²) < 4.78 is 0. The number of allylic oxidation sites excluding steroid dienone is 4. The third-order valence-corrected chi connectivity index (χ3v) is 2.64. The maximum absolute atomic E-state index is 11.3. The third-order valence-electron chi connectivity index (χ3n) is 2.08. The molecule has 1 aliphatic carbocycles. The van der Waals surface area contributed by atoms with E-state index in [1.807, 2.05) is 0 Å². The quantitative estimate of drug-likeness (QED) is 0.439. The van der Waals surface area contributed by atoms with Crippen LogP contribution < -0.4 is 34.7 Å². The zero-order valence-corrected chi connectivity index (χ0v) is 14.0. The summed E-state index contributed by atoms with van der Waals surface area (Å²) in [5, 5.41) is 11.0. The second-order valence-electron chi connectivity index (χ2n) is 3.34. The maximum Gasteiger partial charge on any atom is 1.00 e. The standard InChI is InChI=1S/C12H7Cl2NO2.Na.2H2O/c13-10-5-8(6-11(14)12(10)17)15-7-1-3-9(16)4-2-7;;;/h1-6,16H;;2*1H2/q;+1;;/p-1. The molecule has 2 rings (SSSR count). The summed E-state index contributed by atoms with van der Waals surface area (Å²) >= 11 is 11.4. The van der Waals surface area contributed by atoms with Crippen molar-refractivity contribution in [2.45, 2.75) is 0 Å². The predicted molar refractivity (Wildman–Crippen MR) is 73.1 cm³/mol. The minimum absolute atomic E-state index is 0. The van der Waals surface area contributed by atoms with Gasteiger partial charge in [0.25, 0.3) is 0 Å². The number of benzene rings is 1. The fourth-order valence-corrected chi connectivity index (χ4v) is 1.76. The van der Waals surface area contributed by atoms with Gasteiger partial charge in [-0.2, -0.15) is 0 Å². The number of nitrogens with zero attached hydrogens (tertiary/aromatic N) is 1. The van der Waals surface area contributed by atoms with Gasteiger partial charge in [0.05, 0.1) is 21.5 Å². The molecule has 20 heavy (non-hydrogen) atoms. The summed E-state index contributed by atoms with van der Waals surface area (Å²) in [6.45, 7) is 0. The van der Waals surface area contributed by atoms with Crippen LogP contribution in [0.5, 0.6) is 5.75 Å². The number of carbonyl (C=O) groups excluding carboxylic acids is 1. The van der Waals surface area contributed by atoms with Crippen LogP contribution in [-0.2, 0) is 4.79 Å². The Morgan fingerprint density at radius 1 is 0.950 bits per heavy atom. The molecule has 1 aromatic carbocycles. The van der Waals surface area contributed by atoms with Gasteiger partial charge in [-0.05, 0) is 24.3 Å². The molecule has 0 heterocycles. The van der Waals surface area contributed by atoms with Crippen LogP contribution in [0.2, 0.25) is 0 Å². The number of hydrogen-bond donors (Lipinski definition) is 0. The first kappa shape index (κ1) is 21.6. The molecule has 0 fully saturated rings. The summed E-state index contributed by atoms with van der Waals surface area (Å²) in [5.41, 5.74) is 1.06. The molecule has 5 nitrogen and oxygen atoms in total. The maximum atomic E-state index is 11.3. The summed E-state index contributed by atoms with van der Waals surface area (Å²) in [6.07, 6.45) is 2.86. The molecule has 0 aromatic heterocycles. The molecule has 1 aliphatic rings. The molecule has 8 heteroatoms. The van der Waals surface area contributed by atoms with Gasteiger partial charge in [-0.15, -0.1) is 5.75 Å². The number of carbonyl (C=O) groups is 1. The molecule has 0 atom stereocenters. The second-order valence-corrected chi connectivity index (χ2v) is 4.16. The van der Waals surface area contributed by atoms with Gasteiger partial charge in [-0.25, -0.2) is 4.99 Å². The first-order valence-electron chi connectivity index (χ1n) is 4.71. The van der Waals surface area contributed by atoms with Crippen molar-refractivity contribution in [3.05, 3.63) is 46.5 Å². The van der Waals surface area contributed by atoms with Gasteiger partial charge in [0.15, 0.2) is 0 Å². The van der Waals surface area contributed by atoms with Crippen molar-refractivity contribution in [3.8, 4) is 5.75 Å². The Labute approximate surface area is 147 Å². The molecule has 0 spiro atoms. The van der Waals surface area contributed by atoms with Crippen molar-refractivity contribution in [2.24, 2.45) is 4.99 Å². The topological polar surface area (TPSA) is 115 Å². The number of aliphatic imine (C=N–C) groups is 1. The van der Waals surface area contributed by atoms with Crippen LogP contribution in [-0.4, -0.2) is 22.4 Å². The van der Waals surface area contributed by atoms with Crippen molar-refractivity contribution in [3.63, 3.8) is 0 Å². The molecular weight excluding hydrogens is 316 g/mol. The van der Waals surface area contributed by atoms with Crippen molar-refractivity contribution < 1.29 is 50.4 Å². The number of Topliss-reactive ketones (excluding diaryl/α,β-unsaturated/α-hetero) is 1. The van der Waals surface area contributed by atoms with Crippen LogP contribution in [0.3, 0.4) is 0 Å². The first-order valence-corrected chi connectivity index (χ1v) is 5.47. The summed E-state index contributed by atoms with van der Waals surface area (Å²) in [4.78, 5) is 15.5. The Morgan fingerprint density at radius 3 is 1.85 bits per heavy atom. The Bertz CT molecular complexity index is 543. The average Bonchev–Trinajstić information content (AvgIpc) is 2.29. The normalized spacial score (nSPS) is 13.1. The zero-order valence-electron chi connectivity index (χ0n) is 10.5. The monoisotopic (exact) mass is 325 g/mol. The Morgan fingerprint density at radius 2 is 1.40 bits per heavy atom. The van der Waals surface area contributed by atoms with Crippen LogP contribution in [0.25, 0.3) is 0 Å². The van der Waals surface area contributed by atoms with Crippen LogP contribution in [0, 0.1) is 0 Å². The molecule has 0 saturated heterocycles. The van der Waals surface area contributed by atoms with Gasteiger partial charge < -0.3 is 16.1 Å². The summed E-state index contributed by atoms with van der Waals surface area (Å²) in [7, 11) is 0. The van der Waals surface area contributed by atoms with Crippen molar-refractivity contribution in [2.75, 3.05) is 0 Å². The van der Waals surface area contributed by atoms with E-state index in [9.17, 15) is 9.90 Å². The summed E-state index contributed by atoms with van der Waals surface area (Å²) in [5.74, 6) is -0.503. The molecule has 0 saturated carbocycles. The Hall–Kier alpha value is -0.660. The molecule has 0 aliphatic heterocycles. The van der Waals surface area contributed by atoms with Crippen molar-refractivity contribution >= 4 is 40.4 Å². The van der Waals surface area contributed by atoms with Gasteiger partial charge in [0, 0.05) is 0 Å². The van der Waals surface area contributed by atoms with Crippen LogP contribution in [0.4, 0.5) is 5.69 Å². The van der Waals surface area contributed by atoms with Crippen LogP contribution >= 0.6 is 23.2 Å². The Balaban J connectivity index is 0. The number of hydrogen-bond acceptors (Lipinski definition) is 3. The van der Waals surface area contributed by atoms with Gasteiger partial charge in [0.1, 0.15) is 0 Å². The van der Waals surface area contributed by atoms with Gasteiger partial charge in [0.2, 0.25) is 5.78 Å². The molecule has 4 N–H and O–H groups in total. The van der Waals surface area contributed by atoms with Crippen LogP contribution in [0.1, 0.15) is 0 Å². The number of halogens is 2. The Kier molecular flexibility index (Phi) is 10.1. The second kappa shape index (κ2) is 9.31. The van der Waals surface area contributed by atoms with E-state index in [4.69, 9.17) is 23.2 Å². The fraction of sp³-hybridized carbons (Fsp3) is 0. The molecule has 0 unspecified atom stereocenters. The molecule has 0 bridgehead atoms. The zero-order chi connectivity index (χ0) is 12.4. The average molecular weight is 326 g/mol. The van der Waals surface area contributed by atoms with E-state index in [-0.39, 0.29) is 56.3 Å². The molecule has 0 radical (unpaired) electrons.